The highest BCUT2D eigenvalue weighted by Crippen LogP contribution is 2.36. The van der Waals surface area contributed by atoms with Crippen molar-refractivity contribution in [2.24, 2.45) is 7.05 Å². The Hall–Kier alpha value is -2.30. The first-order chi connectivity index (χ1) is 9.59. The summed E-state index contributed by atoms with van der Waals surface area (Å²) in [6.07, 6.45) is 3.38. The summed E-state index contributed by atoms with van der Waals surface area (Å²) in [6, 6.07) is 5.41. The maximum atomic E-state index is 12.7. The van der Waals surface area contributed by atoms with Crippen molar-refractivity contribution in [3.05, 3.63) is 41.2 Å². The van der Waals surface area contributed by atoms with Crippen LogP contribution >= 0.6 is 0 Å². The predicted molar refractivity (Wildman–Crippen MR) is 76.0 cm³/mol. The van der Waals surface area contributed by atoms with E-state index in [1.807, 2.05) is 26.1 Å². The van der Waals surface area contributed by atoms with Crippen molar-refractivity contribution in [1.29, 1.82) is 0 Å². The van der Waals surface area contributed by atoms with E-state index in [-0.39, 0.29) is 11.7 Å². The van der Waals surface area contributed by atoms with Gasteiger partial charge in [0.15, 0.2) is 0 Å². The summed E-state index contributed by atoms with van der Waals surface area (Å²) < 4.78 is 1.68. The number of carbonyl (C=O) groups is 1. The van der Waals surface area contributed by atoms with Crippen molar-refractivity contribution < 1.29 is 9.90 Å². The second kappa shape index (κ2) is 4.67. The highest BCUT2D eigenvalue weighted by Gasteiger charge is 2.27. The molecule has 0 bridgehead atoms. The van der Waals surface area contributed by atoms with Gasteiger partial charge in [-0.3, -0.25) is 9.48 Å². The number of hydrogen-bond donors (Lipinski definition) is 1. The van der Waals surface area contributed by atoms with Crippen LogP contribution in [0.2, 0.25) is 0 Å². The molecule has 1 aliphatic heterocycles. The monoisotopic (exact) mass is 271 g/mol. The van der Waals surface area contributed by atoms with E-state index in [2.05, 4.69) is 5.10 Å². The molecule has 0 spiro atoms. The zero-order valence-electron chi connectivity index (χ0n) is 11.6. The van der Waals surface area contributed by atoms with Gasteiger partial charge < -0.3 is 10.0 Å². The van der Waals surface area contributed by atoms with Gasteiger partial charge in [-0.1, -0.05) is 12.1 Å². The number of aromatic nitrogens is 2. The van der Waals surface area contributed by atoms with Crippen LogP contribution in [0, 0.1) is 6.92 Å². The van der Waals surface area contributed by atoms with Gasteiger partial charge in [-0.05, 0) is 31.4 Å². The zero-order chi connectivity index (χ0) is 14.3. The fourth-order valence-corrected chi connectivity index (χ4v) is 2.69. The van der Waals surface area contributed by atoms with Gasteiger partial charge >= 0.3 is 0 Å². The third-order valence-corrected chi connectivity index (χ3v) is 3.91. The molecule has 1 N–H and O–H groups in total. The summed E-state index contributed by atoms with van der Waals surface area (Å²) in [5.74, 6) is 0.0649. The molecule has 0 aliphatic carbocycles. The summed E-state index contributed by atoms with van der Waals surface area (Å²) in [6.45, 7) is 2.49. The molecule has 2 heterocycles. The summed E-state index contributed by atoms with van der Waals surface area (Å²) in [5.41, 5.74) is 3.08. The summed E-state index contributed by atoms with van der Waals surface area (Å²) in [7, 11) is 1.81. The summed E-state index contributed by atoms with van der Waals surface area (Å²) in [5, 5.41) is 14.2. The van der Waals surface area contributed by atoms with Crippen LogP contribution in [0.25, 0.3) is 0 Å². The van der Waals surface area contributed by atoms with Crippen LogP contribution in [0.3, 0.4) is 0 Å². The van der Waals surface area contributed by atoms with Crippen molar-refractivity contribution >= 4 is 11.6 Å². The topological polar surface area (TPSA) is 58.4 Å². The maximum absolute atomic E-state index is 12.7. The maximum Gasteiger partial charge on any atom is 0.261 e. The van der Waals surface area contributed by atoms with Crippen LogP contribution in [0.15, 0.2) is 24.4 Å². The summed E-state index contributed by atoms with van der Waals surface area (Å²) >= 11 is 0. The first-order valence-corrected chi connectivity index (χ1v) is 6.71. The second-order valence-corrected chi connectivity index (χ2v) is 5.11. The van der Waals surface area contributed by atoms with Gasteiger partial charge in [0, 0.05) is 19.3 Å². The Labute approximate surface area is 117 Å². The third kappa shape index (κ3) is 1.86. The van der Waals surface area contributed by atoms with E-state index in [4.69, 9.17) is 0 Å². The first kappa shape index (κ1) is 12.7. The van der Waals surface area contributed by atoms with Crippen molar-refractivity contribution in [3.63, 3.8) is 0 Å². The number of phenols is 1. The number of phenolic OH excluding ortho intramolecular Hbond substituents is 1. The molecular weight excluding hydrogens is 254 g/mol. The van der Waals surface area contributed by atoms with Crippen molar-refractivity contribution in [2.75, 3.05) is 11.4 Å². The summed E-state index contributed by atoms with van der Waals surface area (Å²) in [4.78, 5) is 14.4. The molecule has 1 aromatic heterocycles. The number of nitrogens with zero attached hydrogens (tertiary/aromatic N) is 3. The largest absolute Gasteiger partial charge is 0.506 e. The van der Waals surface area contributed by atoms with Crippen LogP contribution in [-0.4, -0.2) is 27.3 Å². The lowest BCUT2D eigenvalue weighted by Crippen LogP contribution is -2.35. The average molecular weight is 271 g/mol. The molecule has 104 valence electrons. The Morgan fingerprint density at radius 1 is 1.40 bits per heavy atom. The third-order valence-electron chi connectivity index (χ3n) is 3.91. The van der Waals surface area contributed by atoms with Crippen molar-refractivity contribution in [3.8, 4) is 5.75 Å². The second-order valence-electron chi connectivity index (χ2n) is 5.11. The van der Waals surface area contributed by atoms with Crippen molar-refractivity contribution in [2.45, 2.75) is 19.8 Å². The van der Waals surface area contributed by atoms with Gasteiger partial charge in [-0.25, -0.2) is 0 Å². The van der Waals surface area contributed by atoms with Crippen LogP contribution in [0.5, 0.6) is 5.75 Å². The standard InChI is InChI=1S/C15H17N3O2/c1-10-12(9-16-17(10)2)15(20)18-8-4-6-11-5-3-7-13(19)14(11)18/h3,5,7,9,19H,4,6,8H2,1-2H3. The van der Waals surface area contributed by atoms with Crippen LogP contribution in [0.4, 0.5) is 5.69 Å². The molecule has 5 nitrogen and oxygen atoms in total. The number of carbonyl (C=O) groups excluding carboxylic acids is 1. The van der Waals surface area contributed by atoms with Crippen molar-refractivity contribution in [1.82, 2.24) is 9.78 Å². The van der Waals surface area contributed by atoms with Gasteiger partial charge in [-0.15, -0.1) is 0 Å². The molecule has 0 unspecified atom stereocenters. The van der Waals surface area contributed by atoms with Gasteiger partial charge in [0.05, 0.1) is 17.4 Å². The minimum atomic E-state index is -0.0990. The van der Waals surface area contributed by atoms with Gasteiger partial charge in [0.25, 0.3) is 5.91 Å². The predicted octanol–water partition coefficient (Wildman–Crippen LogP) is 2.03. The first-order valence-electron chi connectivity index (χ1n) is 6.71. The Balaban J connectivity index is 2.05. The fourth-order valence-electron chi connectivity index (χ4n) is 2.69. The number of amides is 1. The molecule has 1 aromatic carbocycles. The van der Waals surface area contributed by atoms with E-state index in [1.54, 1.807) is 21.8 Å². The molecule has 0 saturated carbocycles. The van der Waals surface area contributed by atoms with E-state index in [0.29, 0.717) is 17.8 Å². The van der Waals surface area contributed by atoms with E-state index in [0.717, 1.165) is 24.1 Å². The number of hydrogen-bond acceptors (Lipinski definition) is 3. The van der Waals surface area contributed by atoms with E-state index in [1.165, 1.54) is 0 Å². The lowest BCUT2D eigenvalue weighted by atomic mass is 10.00. The number of anilines is 1. The molecule has 3 rings (SSSR count). The molecule has 5 heteroatoms. The minimum absolute atomic E-state index is 0.0990. The van der Waals surface area contributed by atoms with Gasteiger partial charge in [0.1, 0.15) is 5.75 Å². The molecule has 2 aromatic rings. The van der Waals surface area contributed by atoms with Crippen LogP contribution < -0.4 is 4.90 Å². The molecule has 0 fully saturated rings. The smallest absolute Gasteiger partial charge is 0.261 e. The number of benzene rings is 1. The molecule has 0 radical (unpaired) electrons. The number of fused-ring (bicyclic) bond motifs is 1. The normalized spacial score (nSPS) is 14.2. The molecule has 1 aliphatic rings. The Morgan fingerprint density at radius 2 is 2.20 bits per heavy atom. The van der Waals surface area contributed by atoms with E-state index >= 15 is 0 Å². The average Bonchev–Trinajstić information content (AvgIpc) is 2.78. The lowest BCUT2D eigenvalue weighted by molar-refractivity contribution is 0.0983. The molecule has 0 saturated heterocycles. The minimum Gasteiger partial charge on any atom is -0.506 e. The zero-order valence-corrected chi connectivity index (χ0v) is 11.6. The Bertz CT molecular complexity index is 676. The SMILES string of the molecule is Cc1c(C(=O)N2CCCc3cccc(O)c32)cnn1C. The van der Waals surface area contributed by atoms with E-state index in [9.17, 15) is 9.90 Å². The molecular formula is C15H17N3O2. The quantitative estimate of drug-likeness (QED) is 0.863. The fraction of sp³-hybridized carbons (Fsp3) is 0.333. The Morgan fingerprint density at radius 3 is 2.90 bits per heavy atom. The van der Waals surface area contributed by atoms with Crippen LogP contribution in [-0.2, 0) is 13.5 Å². The highest BCUT2D eigenvalue weighted by atomic mass is 16.3. The highest BCUT2D eigenvalue weighted by molar-refractivity contribution is 6.08. The van der Waals surface area contributed by atoms with Crippen LogP contribution in [0.1, 0.15) is 28.0 Å². The number of aryl methyl sites for hydroxylation is 2. The Kier molecular flexibility index (Phi) is 2.97. The number of aromatic hydroxyl groups is 1. The van der Waals surface area contributed by atoms with Gasteiger partial charge in [0.2, 0.25) is 0 Å². The molecule has 1 amide bonds. The number of para-hydroxylation sites is 1. The number of rotatable bonds is 1. The van der Waals surface area contributed by atoms with E-state index < -0.39 is 0 Å². The lowest BCUT2D eigenvalue weighted by Gasteiger charge is -2.30. The van der Waals surface area contributed by atoms with Gasteiger partial charge in [-0.2, -0.15) is 5.10 Å². The molecule has 20 heavy (non-hydrogen) atoms. The molecule has 0 atom stereocenters.